The van der Waals surface area contributed by atoms with Crippen LogP contribution in [-0.4, -0.2) is 11.8 Å². The molecule has 0 bridgehead atoms. The first kappa shape index (κ1) is 17.6. The number of benzene rings is 3. The van der Waals surface area contributed by atoms with Gasteiger partial charge in [0.2, 0.25) is 0 Å². The third kappa shape index (κ3) is 4.06. The van der Waals surface area contributed by atoms with E-state index in [1.807, 2.05) is 67.6 Å². The highest BCUT2D eigenvalue weighted by Gasteiger charge is 2.24. The molecule has 26 heavy (non-hydrogen) atoms. The summed E-state index contributed by atoms with van der Waals surface area (Å²) >= 11 is 0. The van der Waals surface area contributed by atoms with Gasteiger partial charge < -0.3 is 4.74 Å². The van der Waals surface area contributed by atoms with Crippen LogP contribution in [0.2, 0.25) is 0 Å². The first-order chi connectivity index (χ1) is 12.7. The van der Waals surface area contributed by atoms with Crippen LogP contribution in [0.5, 0.6) is 5.75 Å². The van der Waals surface area contributed by atoms with Gasteiger partial charge in [0, 0.05) is 12.0 Å². The first-order valence-electron chi connectivity index (χ1n) is 8.64. The second-order valence-corrected chi connectivity index (χ2v) is 5.98. The Hall–Kier alpha value is -3.20. The largest absolute Gasteiger partial charge is 0.426 e. The lowest BCUT2D eigenvalue weighted by atomic mass is 9.91. The van der Waals surface area contributed by atoms with E-state index in [0.29, 0.717) is 17.7 Å². The summed E-state index contributed by atoms with van der Waals surface area (Å²) in [7, 11) is 0. The van der Waals surface area contributed by atoms with Crippen LogP contribution in [0.4, 0.5) is 0 Å². The van der Waals surface area contributed by atoms with Gasteiger partial charge in [-0.3, -0.25) is 9.59 Å². The zero-order chi connectivity index (χ0) is 18.4. The summed E-state index contributed by atoms with van der Waals surface area (Å²) in [6, 6.07) is 25.8. The number of carbonyl (C=O) groups is 2. The zero-order valence-corrected chi connectivity index (χ0v) is 14.6. The number of hydrogen-bond donors (Lipinski definition) is 0. The molecule has 3 heteroatoms. The highest BCUT2D eigenvalue weighted by molar-refractivity contribution is 5.96. The Morgan fingerprint density at radius 3 is 1.73 bits per heavy atom. The Morgan fingerprint density at radius 1 is 0.769 bits per heavy atom. The molecule has 0 spiro atoms. The lowest BCUT2D eigenvalue weighted by Crippen LogP contribution is -2.20. The minimum atomic E-state index is -0.505. The quantitative estimate of drug-likeness (QED) is 0.358. The summed E-state index contributed by atoms with van der Waals surface area (Å²) in [5.41, 5.74) is 2.37. The number of hydrogen-bond acceptors (Lipinski definition) is 3. The lowest BCUT2D eigenvalue weighted by molar-refractivity contribution is -0.135. The molecule has 0 fully saturated rings. The fourth-order valence-electron chi connectivity index (χ4n) is 2.84. The molecule has 0 aliphatic heterocycles. The summed E-state index contributed by atoms with van der Waals surface area (Å²) in [6.45, 7) is 1.82. The third-order valence-electron chi connectivity index (χ3n) is 4.22. The molecule has 0 amide bonds. The minimum absolute atomic E-state index is 0.0642. The van der Waals surface area contributed by atoms with Crippen molar-refractivity contribution in [3.8, 4) is 5.75 Å². The van der Waals surface area contributed by atoms with Crippen LogP contribution in [0.3, 0.4) is 0 Å². The van der Waals surface area contributed by atoms with Crippen LogP contribution in [0.15, 0.2) is 84.9 Å². The van der Waals surface area contributed by atoms with E-state index in [4.69, 9.17) is 4.74 Å². The van der Waals surface area contributed by atoms with Crippen LogP contribution < -0.4 is 4.74 Å². The second-order valence-electron chi connectivity index (χ2n) is 5.98. The van der Waals surface area contributed by atoms with Crippen molar-refractivity contribution >= 4 is 11.8 Å². The van der Waals surface area contributed by atoms with Crippen molar-refractivity contribution in [1.29, 1.82) is 0 Å². The van der Waals surface area contributed by atoms with Gasteiger partial charge in [0.1, 0.15) is 11.7 Å². The summed E-state index contributed by atoms with van der Waals surface area (Å²) < 4.78 is 5.60. The summed E-state index contributed by atoms with van der Waals surface area (Å²) in [4.78, 5) is 24.6. The van der Waals surface area contributed by atoms with Gasteiger partial charge in [-0.25, -0.2) is 0 Å². The van der Waals surface area contributed by atoms with Gasteiger partial charge in [-0.2, -0.15) is 0 Å². The van der Waals surface area contributed by atoms with Crippen LogP contribution in [-0.2, 0) is 4.79 Å². The Morgan fingerprint density at radius 2 is 1.27 bits per heavy atom. The van der Waals surface area contributed by atoms with Crippen molar-refractivity contribution in [2.75, 3.05) is 0 Å². The molecule has 130 valence electrons. The number of Topliss-reactive ketones (excluding diaryl/α,β-unsaturated/α-hetero) is 1. The molecule has 0 saturated carbocycles. The second kappa shape index (κ2) is 8.26. The molecule has 0 heterocycles. The van der Waals surface area contributed by atoms with Crippen LogP contribution in [0.1, 0.15) is 40.7 Å². The molecule has 0 atom stereocenters. The molecule has 3 aromatic rings. The lowest BCUT2D eigenvalue weighted by Gasteiger charge is -2.17. The summed E-state index contributed by atoms with van der Waals surface area (Å²) in [5.74, 6) is -0.361. The van der Waals surface area contributed by atoms with Gasteiger partial charge in [0.25, 0.3) is 0 Å². The molecule has 3 nitrogen and oxygen atoms in total. The third-order valence-corrected chi connectivity index (χ3v) is 4.22. The predicted molar refractivity (Wildman–Crippen MR) is 101 cm³/mol. The van der Waals surface area contributed by atoms with E-state index >= 15 is 0 Å². The van der Waals surface area contributed by atoms with Crippen LogP contribution in [0, 0.1) is 0 Å². The smallest absolute Gasteiger partial charge is 0.323 e. The van der Waals surface area contributed by atoms with E-state index in [0.717, 1.165) is 11.1 Å². The normalized spacial score (nSPS) is 10.5. The zero-order valence-electron chi connectivity index (χ0n) is 14.6. The van der Waals surface area contributed by atoms with Gasteiger partial charge in [0.15, 0.2) is 5.78 Å². The number of rotatable bonds is 6. The predicted octanol–water partition coefficient (Wildman–Crippen LogP) is 5.02. The van der Waals surface area contributed by atoms with Gasteiger partial charge in [-0.15, -0.1) is 0 Å². The van der Waals surface area contributed by atoms with Crippen LogP contribution in [0.25, 0.3) is 0 Å². The first-order valence-corrected chi connectivity index (χ1v) is 8.64. The van der Waals surface area contributed by atoms with Crippen molar-refractivity contribution < 1.29 is 14.3 Å². The number of esters is 1. The fourth-order valence-corrected chi connectivity index (χ4v) is 2.84. The standard InChI is InChI=1S/C23H20O3/c1-2-21(24)17-13-15-20(16-14-17)26-23(25)22(18-9-5-3-6-10-18)19-11-7-4-8-12-19/h3-16,22H,2H2,1H3. The maximum Gasteiger partial charge on any atom is 0.323 e. The number of carbonyl (C=O) groups excluding carboxylic acids is 2. The topological polar surface area (TPSA) is 43.4 Å². The number of ketones is 1. The Labute approximate surface area is 153 Å². The van der Waals surface area contributed by atoms with E-state index in [9.17, 15) is 9.59 Å². The number of ether oxygens (including phenoxy) is 1. The summed E-state index contributed by atoms with van der Waals surface area (Å²) in [6.07, 6.45) is 0.448. The average molecular weight is 344 g/mol. The molecular weight excluding hydrogens is 324 g/mol. The molecule has 0 N–H and O–H groups in total. The van der Waals surface area contributed by atoms with Crippen molar-refractivity contribution in [2.24, 2.45) is 0 Å². The van der Waals surface area contributed by atoms with Gasteiger partial charge in [0.05, 0.1) is 0 Å². The Bertz CT molecular complexity index is 829. The van der Waals surface area contributed by atoms with Crippen molar-refractivity contribution in [1.82, 2.24) is 0 Å². The van der Waals surface area contributed by atoms with E-state index in [-0.39, 0.29) is 11.8 Å². The molecule has 0 unspecified atom stereocenters. The van der Waals surface area contributed by atoms with Crippen LogP contribution >= 0.6 is 0 Å². The monoisotopic (exact) mass is 344 g/mol. The maximum absolute atomic E-state index is 12.9. The average Bonchev–Trinajstić information content (AvgIpc) is 2.70. The highest BCUT2D eigenvalue weighted by atomic mass is 16.5. The molecule has 3 aromatic carbocycles. The Kier molecular flexibility index (Phi) is 5.59. The van der Waals surface area contributed by atoms with Crippen molar-refractivity contribution in [2.45, 2.75) is 19.3 Å². The van der Waals surface area contributed by atoms with Crippen molar-refractivity contribution in [3.05, 3.63) is 102 Å². The van der Waals surface area contributed by atoms with E-state index in [1.165, 1.54) is 0 Å². The molecule has 0 radical (unpaired) electrons. The summed E-state index contributed by atoms with van der Waals surface area (Å²) in [5, 5.41) is 0. The van der Waals surface area contributed by atoms with Gasteiger partial charge in [-0.1, -0.05) is 67.6 Å². The molecule has 0 aromatic heterocycles. The molecule has 3 rings (SSSR count). The van der Waals surface area contributed by atoms with Gasteiger partial charge >= 0.3 is 5.97 Å². The Balaban J connectivity index is 1.85. The highest BCUT2D eigenvalue weighted by Crippen LogP contribution is 2.27. The van der Waals surface area contributed by atoms with Crippen molar-refractivity contribution in [3.63, 3.8) is 0 Å². The maximum atomic E-state index is 12.9. The molecule has 0 aliphatic carbocycles. The van der Waals surface area contributed by atoms with E-state index in [1.54, 1.807) is 24.3 Å². The molecule has 0 saturated heterocycles. The fraction of sp³-hybridized carbons (Fsp3) is 0.130. The molecule has 0 aliphatic rings. The SMILES string of the molecule is CCC(=O)c1ccc(OC(=O)C(c2ccccc2)c2ccccc2)cc1. The molecular formula is C23H20O3. The minimum Gasteiger partial charge on any atom is -0.426 e. The van der Waals surface area contributed by atoms with Gasteiger partial charge in [-0.05, 0) is 35.4 Å². The van der Waals surface area contributed by atoms with E-state index in [2.05, 4.69) is 0 Å². The van der Waals surface area contributed by atoms with E-state index < -0.39 is 5.92 Å².